The standard InChI is InChI=1S/C18H18ClFN2O3S/c1-12-4-7-14(11-16(12)20)21-18(23)17-3-2-10-22(17)26(24,25)15-8-5-13(19)6-9-15/h4-9,11,17H,2-3,10H2,1H3,(H,21,23)/t17-/m0/s1. The Labute approximate surface area is 156 Å². The summed E-state index contributed by atoms with van der Waals surface area (Å²) in [6.07, 6.45) is 0.986. The summed E-state index contributed by atoms with van der Waals surface area (Å²) in [5, 5.41) is 3.04. The summed E-state index contributed by atoms with van der Waals surface area (Å²) < 4.78 is 40.6. The van der Waals surface area contributed by atoms with Crippen molar-refractivity contribution in [3.8, 4) is 0 Å². The molecule has 0 radical (unpaired) electrons. The summed E-state index contributed by atoms with van der Waals surface area (Å²) in [5.41, 5.74) is 0.768. The van der Waals surface area contributed by atoms with Crippen LogP contribution in [0, 0.1) is 12.7 Å². The molecule has 1 fully saturated rings. The molecule has 0 bridgehead atoms. The van der Waals surface area contributed by atoms with Gasteiger partial charge in [0.15, 0.2) is 0 Å². The lowest BCUT2D eigenvalue weighted by molar-refractivity contribution is -0.119. The molecule has 0 aliphatic carbocycles. The van der Waals surface area contributed by atoms with E-state index in [9.17, 15) is 17.6 Å². The molecule has 8 heteroatoms. The molecule has 5 nitrogen and oxygen atoms in total. The molecule has 2 aromatic carbocycles. The molecule has 0 aromatic heterocycles. The number of carbonyl (C=O) groups excluding carboxylic acids is 1. The van der Waals surface area contributed by atoms with Crippen LogP contribution in [-0.4, -0.2) is 31.2 Å². The number of anilines is 1. The van der Waals surface area contributed by atoms with Crippen LogP contribution in [0.3, 0.4) is 0 Å². The number of halogens is 2. The van der Waals surface area contributed by atoms with Crippen LogP contribution in [-0.2, 0) is 14.8 Å². The van der Waals surface area contributed by atoms with Gasteiger partial charge < -0.3 is 5.32 Å². The summed E-state index contributed by atoms with van der Waals surface area (Å²) in [4.78, 5) is 12.7. The van der Waals surface area contributed by atoms with E-state index in [0.29, 0.717) is 29.1 Å². The lowest BCUT2D eigenvalue weighted by Crippen LogP contribution is -2.43. The Morgan fingerprint density at radius 1 is 1.23 bits per heavy atom. The third kappa shape index (κ3) is 3.75. The highest BCUT2D eigenvalue weighted by Crippen LogP contribution is 2.28. The molecular weight excluding hydrogens is 379 g/mol. The number of rotatable bonds is 4. The second kappa shape index (κ2) is 7.34. The van der Waals surface area contributed by atoms with Gasteiger partial charge in [0, 0.05) is 17.3 Å². The zero-order valence-electron chi connectivity index (χ0n) is 14.1. The number of nitrogens with one attached hydrogen (secondary N) is 1. The van der Waals surface area contributed by atoms with Gasteiger partial charge in [-0.25, -0.2) is 12.8 Å². The van der Waals surface area contributed by atoms with Gasteiger partial charge in [-0.2, -0.15) is 4.31 Å². The Kier molecular flexibility index (Phi) is 5.32. The smallest absolute Gasteiger partial charge is 0.243 e. The molecule has 0 spiro atoms. The van der Waals surface area contributed by atoms with Crippen LogP contribution in [0.2, 0.25) is 5.02 Å². The summed E-state index contributed by atoms with van der Waals surface area (Å²) in [6.45, 7) is 1.88. The van der Waals surface area contributed by atoms with E-state index in [1.807, 2.05) is 0 Å². The number of hydrogen-bond donors (Lipinski definition) is 1. The predicted octanol–water partition coefficient (Wildman–Crippen LogP) is 3.58. The number of amides is 1. The van der Waals surface area contributed by atoms with Gasteiger partial charge in [-0.3, -0.25) is 4.79 Å². The highest BCUT2D eigenvalue weighted by molar-refractivity contribution is 7.89. The van der Waals surface area contributed by atoms with Gasteiger partial charge in [0.05, 0.1) is 4.90 Å². The fourth-order valence-electron chi connectivity index (χ4n) is 2.93. The molecule has 26 heavy (non-hydrogen) atoms. The number of sulfonamides is 1. The first-order valence-corrected chi connectivity index (χ1v) is 9.95. The minimum atomic E-state index is -3.82. The lowest BCUT2D eigenvalue weighted by atomic mass is 10.2. The van der Waals surface area contributed by atoms with Crippen LogP contribution in [0.1, 0.15) is 18.4 Å². The third-order valence-corrected chi connectivity index (χ3v) is 6.54. The molecule has 2 aromatic rings. The van der Waals surface area contributed by atoms with Crippen LogP contribution in [0.25, 0.3) is 0 Å². The van der Waals surface area contributed by atoms with Gasteiger partial charge in [-0.1, -0.05) is 17.7 Å². The quantitative estimate of drug-likeness (QED) is 0.858. The Bertz CT molecular complexity index is 932. The number of carbonyl (C=O) groups is 1. The SMILES string of the molecule is Cc1ccc(NC(=O)[C@@H]2CCCN2S(=O)(=O)c2ccc(Cl)cc2)cc1F. The fourth-order valence-corrected chi connectivity index (χ4v) is 4.71. The van der Waals surface area contributed by atoms with Gasteiger partial charge >= 0.3 is 0 Å². The van der Waals surface area contributed by atoms with Crippen molar-refractivity contribution in [1.82, 2.24) is 4.31 Å². The van der Waals surface area contributed by atoms with Crippen molar-refractivity contribution in [2.75, 3.05) is 11.9 Å². The van der Waals surface area contributed by atoms with E-state index in [-0.39, 0.29) is 11.4 Å². The predicted molar refractivity (Wildman–Crippen MR) is 98.1 cm³/mol. The van der Waals surface area contributed by atoms with E-state index >= 15 is 0 Å². The minimum absolute atomic E-state index is 0.0861. The molecule has 1 saturated heterocycles. The monoisotopic (exact) mass is 396 g/mol. The van der Waals surface area contributed by atoms with Crippen molar-refractivity contribution in [3.05, 3.63) is 58.9 Å². The van der Waals surface area contributed by atoms with Gasteiger partial charge in [-0.15, -0.1) is 0 Å². The molecule has 1 amide bonds. The molecule has 3 rings (SSSR count). The van der Waals surface area contributed by atoms with Crippen LogP contribution in [0.5, 0.6) is 0 Å². The molecule has 1 N–H and O–H groups in total. The maximum Gasteiger partial charge on any atom is 0.243 e. The fraction of sp³-hybridized carbons (Fsp3) is 0.278. The third-order valence-electron chi connectivity index (χ3n) is 4.37. The Balaban J connectivity index is 1.81. The first kappa shape index (κ1) is 18.8. The van der Waals surface area contributed by atoms with E-state index < -0.39 is 27.8 Å². The van der Waals surface area contributed by atoms with Crippen molar-refractivity contribution in [1.29, 1.82) is 0 Å². The second-order valence-corrected chi connectivity index (χ2v) is 8.51. The van der Waals surface area contributed by atoms with Crippen molar-refractivity contribution in [3.63, 3.8) is 0 Å². The van der Waals surface area contributed by atoms with Crippen molar-refractivity contribution < 1.29 is 17.6 Å². The molecule has 138 valence electrons. The average Bonchev–Trinajstić information content (AvgIpc) is 3.09. The number of nitrogens with zero attached hydrogens (tertiary/aromatic N) is 1. The largest absolute Gasteiger partial charge is 0.325 e. The Morgan fingerprint density at radius 2 is 1.92 bits per heavy atom. The average molecular weight is 397 g/mol. The van der Waals surface area contributed by atoms with E-state index in [4.69, 9.17) is 11.6 Å². The maximum atomic E-state index is 13.7. The van der Waals surface area contributed by atoms with Gasteiger partial charge in [-0.05, 0) is 61.7 Å². The molecule has 1 atom stereocenters. The van der Waals surface area contributed by atoms with Crippen LogP contribution >= 0.6 is 11.6 Å². The zero-order valence-corrected chi connectivity index (χ0v) is 15.6. The molecule has 1 aliphatic rings. The molecule has 1 heterocycles. The number of hydrogen-bond acceptors (Lipinski definition) is 3. The number of aryl methyl sites for hydroxylation is 1. The summed E-state index contributed by atoms with van der Waals surface area (Å²) in [7, 11) is -3.82. The topological polar surface area (TPSA) is 66.5 Å². The van der Waals surface area contributed by atoms with E-state index in [1.54, 1.807) is 19.1 Å². The molecule has 0 saturated carbocycles. The van der Waals surface area contributed by atoms with Crippen molar-refractivity contribution in [2.45, 2.75) is 30.7 Å². The Morgan fingerprint density at radius 3 is 2.58 bits per heavy atom. The normalized spacial score (nSPS) is 18.0. The number of benzene rings is 2. The van der Waals surface area contributed by atoms with Crippen LogP contribution in [0.15, 0.2) is 47.4 Å². The van der Waals surface area contributed by atoms with E-state index in [2.05, 4.69) is 5.32 Å². The highest BCUT2D eigenvalue weighted by Gasteiger charge is 2.39. The lowest BCUT2D eigenvalue weighted by Gasteiger charge is -2.23. The molecule has 1 aliphatic heterocycles. The molecule has 0 unspecified atom stereocenters. The summed E-state index contributed by atoms with van der Waals surface area (Å²) >= 11 is 5.81. The maximum absolute atomic E-state index is 13.7. The Hall–Kier alpha value is -1.96. The van der Waals surface area contributed by atoms with Crippen LogP contribution in [0.4, 0.5) is 10.1 Å². The van der Waals surface area contributed by atoms with Crippen molar-refractivity contribution >= 4 is 33.2 Å². The first-order chi connectivity index (χ1) is 12.3. The van der Waals surface area contributed by atoms with E-state index in [0.717, 1.165) is 0 Å². The second-order valence-electron chi connectivity index (χ2n) is 6.18. The van der Waals surface area contributed by atoms with E-state index in [1.165, 1.54) is 34.6 Å². The van der Waals surface area contributed by atoms with Gasteiger partial charge in [0.2, 0.25) is 15.9 Å². The van der Waals surface area contributed by atoms with Gasteiger partial charge in [0.25, 0.3) is 0 Å². The zero-order chi connectivity index (χ0) is 18.9. The van der Waals surface area contributed by atoms with Crippen molar-refractivity contribution in [2.24, 2.45) is 0 Å². The highest BCUT2D eigenvalue weighted by atomic mass is 35.5. The van der Waals surface area contributed by atoms with Gasteiger partial charge in [0.1, 0.15) is 11.9 Å². The first-order valence-electron chi connectivity index (χ1n) is 8.13. The molecular formula is C18H18ClFN2O3S. The summed E-state index contributed by atoms with van der Waals surface area (Å²) in [6, 6.07) is 9.36. The minimum Gasteiger partial charge on any atom is -0.325 e. The van der Waals surface area contributed by atoms with Crippen LogP contribution < -0.4 is 5.32 Å². The summed E-state index contributed by atoms with van der Waals surface area (Å²) in [5.74, 6) is -0.900.